The fourth-order valence-corrected chi connectivity index (χ4v) is 1.82. The molecule has 1 aromatic rings. The molecular formula is C13H23N5O. The average Bonchev–Trinajstić information content (AvgIpc) is 2.42. The van der Waals surface area contributed by atoms with Gasteiger partial charge in [-0.05, 0) is 20.3 Å². The van der Waals surface area contributed by atoms with E-state index in [9.17, 15) is 0 Å². The summed E-state index contributed by atoms with van der Waals surface area (Å²) in [6, 6.07) is 0.362. The second-order valence-corrected chi connectivity index (χ2v) is 4.74. The molecule has 0 aliphatic rings. The zero-order valence-electron chi connectivity index (χ0n) is 11.9. The zero-order valence-corrected chi connectivity index (χ0v) is 11.9. The molecule has 1 heterocycles. The summed E-state index contributed by atoms with van der Waals surface area (Å²) in [5.41, 5.74) is 5.84. The van der Waals surface area contributed by atoms with Gasteiger partial charge in [-0.2, -0.15) is 0 Å². The highest BCUT2D eigenvalue weighted by Crippen LogP contribution is 2.14. The van der Waals surface area contributed by atoms with Gasteiger partial charge in [-0.3, -0.25) is 0 Å². The van der Waals surface area contributed by atoms with Gasteiger partial charge in [0.2, 0.25) is 0 Å². The summed E-state index contributed by atoms with van der Waals surface area (Å²) in [6.45, 7) is 7.41. The van der Waals surface area contributed by atoms with E-state index in [1.165, 1.54) is 19.0 Å². The summed E-state index contributed by atoms with van der Waals surface area (Å²) in [5.74, 6) is 0.793. The van der Waals surface area contributed by atoms with Crippen molar-refractivity contribution >= 4 is 11.7 Å². The van der Waals surface area contributed by atoms with Crippen LogP contribution < -0.4 is 10.6 Å². The van der Waals surface area contributed by atoms with Crippen LogP contribution in [0.4, 0.5) is 5.82 Å². The number of oxime groups is 1. The number of amidine groups is 1. The minimum atomic E-state index is -0.0267. The van der Waals surface area contributed by atoms with Gasteiger partial charge in [-0.1, -0.05) is 24.9 Å². The summed E-state index contributed by atoms with van der Waals surface area (Å²) in [4.78, 5) is 10.7. The molecule has 0 aliphatic heterocycles. The fourth-order valence-electron chi connectivity index (χ4n) is 1.82. The maximum atomic E-state index is 8.58. The second-order valence-electron chi connectivity index (χ2n) is 4.74. The van der Waals surface area contributed by atoms with Gasteiger partial charge >= 0.3 is 0 Å². The molecule has 0 amide bonds. The molecule has 3 N–H and O–H groups in total. The van der Waals surface area contributed by atoms with E-state index in [4.69, 9.17) is 10.9 Å². The van der Waals surface area contributed by atoms with E-state index in [-0.39, 0.29) is 5.84 Å². The first kappa shape index (κ1) is 15.2. The third kappa shape index (κ3) is 4.39. The highest BCUT2D eigenvalue weighted by Gasteiger charge is 2.12. The Bertz CT molecular complexity index is 402. The monoisotopic (exact) mass is 265 g/mol. The van der Waals surface area contributed by atoms with Crippen molar-refractivity contribution in [1.82, 2.24) is 9.97 Å². The average molecular weight is 265 g/mol. The Morgan fingerprint density at radius 2 is 2.11 bits per heavy atom. The van der Waals surface area contributed by atoms with Crippen molar-refractivity contribution in [1.29, 1.82) is 0 Å². The number of unbranched alkanes of at least 4 members (excludes halogenated alkanes) is 2. The first-order valence-electron chi connectivity index (χ1n) is 6.66. The highest BCUT2D eigenvalue weighted by atomic mass is 16.4. The van der Waals surface area contributed by atoms with Crippen LogP contribution >= 0.6 is 0 Å². The quantitative estimate of drug-likeness (QED) is 0.259. The lowest BCUT2D eigenvalue weighted by molar-refractivity contribution is 0.318. The van der Waals surface area contributed by atoms with Gasteiger partial charge in [0.05, 0.1) is 12.4 Å². The molecule has 0 spiro atoms. The Balaban J connectivity index is 2.79. The fraction of sp³-hybridized carbons (Fsp3) is 0.615. The normalized spacial score (nSPS) is 11.9. The lowest BCUT2D eigenvalue weighted by atomic mass is 10.2. The number of hydrogen-bond donors (Lipinski definition) is 2. The van der Waals surface area contributed by atoms with Crippen LogP contribution in [0, 0.1) is 0 Å². The van der Waals surface area contributed by atoms with E-state index in [0.717, 1.165) is 18.8 Å². The third-order valence-corrected chi connectivity index (χ3v) is 2.93. The van der Waals surface area contributed by atoms with Gasteiger partial charge in [0, 0.05) is 12.6 Å². The zero-order chi connectivity index (χ0) is 14.3. The lowest BCUT2D eigenvalue weighted by Crippen LogP contribution is -2.32. The summed E-state index contributed by atoms with van der Waals surface area (Å²) in [5, 5.41) is 11.5. The number of hydrogen-bond acceptors (Lipinski definition) is 5. The third-order valence-electron chi connectivity index (χ3n) is 2.93. The standard InChI is InChI=1S/C13H23N5O/c1-4-5-6-7-18(10(2)3)12-9-15-11(8-16-12)13(14)17-19/h8-10,19H,4-7H2,1-3H3,(H2,14,17). The van der Waals surface area contributed by atoms with Crippen LogP contribution in [-0.4, -0.2) is 33.6 Å². The number of anilines is 1. The van der Waals surface area contributed by atoms with Crippen molar-refractivity contribution in [2.45, 2.75) is 46.1 Å². The Morgan fingerprint density at radius 1 is 1.37 bits per heavy atom. The molecule has 0 unspecified atom stereocenters. The van der Waals surface area contributed by atoms with Crippen molar-refractivity contribution in [2.24, 2.45) is 10.9 Å². The van der Waals surface area contributed by atoms with E-state index in [1.807, 2.05) is 0 Å². The number of nitrogens with two attached hydrogens (primary N) is 1. The van der Waals surface area contributed by atoms with Gasteiger partial charge in [0.25, 0.3) is 0 Å². The molecule has 0 radical (unpaired) electrons. The smallest absolute Gasteiger partial charge is 0.190 e. The van der Waals surface area contributed by atoms with Crippen LogP contribution in [0.5, 0.6) is 0 Å². The predicted molar refractivity (Wildman–Crippen MR) is 76.5 cm³/mol. The Kier molecular flexibility index (Phi) is 6.05. The molecule has 0 fully saturated rings. The molecule has 0 aromatic carbocycles. The molecule has 0 aliphatic carbocycles. The molecule has 1 aromatic heterocycles. The number of nitrogens with zero attached hydrogens (tertiary/aromatic N) is 4. The Morgan fingerprint density at radius 3 is 2.58 bits per heavy atom. The van der Waals surface area contributed by atoms with E-state index in [2.05, 4.69) is 40.8 Å². The molecule has 19 heavy (non-hydrogen) atoms. The Hall–Kier alpha value is -1.85. The van der Waals surface area contributed by atoms with E-state index >= 15 is 0 Å². The van der Waals surface area contributed by atoms with Crippen LogP contribution in [-0.2, 0) is 0 Å². The topological polar surface area (TPSA) is 87.6 Å². The molecule has 0 saturated heterocycles. The molecule has 0 saturated carbocycles. The van der Waals surface area contributed by atoms with E-state index in [1.54, 1.807) is 6.20 Å². The first-order valence-corrected chi connectivity index (χ1v) is 6.66. The van der Waals surface area contributed by atoms with Crippen molar-refractivity contribution in [2.75, 3.05) is 11.4 Å². The molecular weight excluding hydrogens is 242 g/mol. The maximum absolute atomic E-state index is 8.58. The van der Waals surface area contributed by atoms with Gasteiger partial charge in [-0.25, -0.2) is 9.97 Å². The largest absolute Gasteiger partial charge is 0.409 e. The van der Waals surface area contributed by atoms with Gasteiger partial charge in [-0.15, -0.1) is 0 Å². The van der Waals surface area contributed by atoms with Crippen LogP contribution in [0.3, 0.4) is 0 Å². The lowest BCUT2D eigenvalue weighted by Gasteiger charge is -2.27. The van der Waals surface area contributed by atoms with Crippen molar-refractivity contribution in [3.05, 3.63) is 18.1 Å². The van der Waals surface area contributed by atoms with Crippen molar-refractivity contribution in [3.8, 4) is 0 Å². The van der Waals surface area contributed by atoms with Gasteiger partial charge < -0.3 is 15.8 Å². The molecule has 6 heteroatoms. The summed E-state index contributed by atoms with van der Waals surface area (Å²) < 4.78 is 0. The summed E-state index contributed by atoms with van der Waals surface area (Å²) in [6.07, 6.45) is 6.73. The van der Waals surface area contributed by atoms with Crippen LogP contribution in [0.1, 0.15) is 45.7 Å². The van der Waals surface area contributed by atoms with Crippen LogP contribution in [0.25, 0.3) is 0 Å². The molecule has 0 bridgehead atoms. The molecule has 6 nitrogen and oxygen atoms in total. The minimum absolute atomic E-state index is 0.0267. The predicted octanol–water partition coefficient (Wildman–Crippen LogP) is 1.98. The highest BCUT2D eigenvalue weighted by molar-refractivity contribution is 5.94. The summed E-state index contributed by atoms with van der Waals surface area (Å²) >= 11 is 0. The molecule has 106 valence electrons. The molecule has 0 atom stereocenters. The minimum Gasteiger partial charge on any atom is -0.409 e. The molecule has 1 rings (SSSR count). The van der Waals surface area contributed by atoms with Crippen LogP contribution in [0.15, 0.2) is 17.5 Å². The van der Waals surface area contributed by atoms with Crippen molar-refractivity contribution in [3.63, 3.8) is 0 Å². The Labute approximate surface area is 114 Å². The number of rotatable bonds is 7. The van der Waals surface area contributed by atoms with Crippen molar-refractivity contribution < 1.29 is 5.21 Å². The van der Waals surface area contributed by atoms with Gasteiger partial charge in [0.1, 0.15) is 11.5 Å². The first-order chi connectivity index (χ1) is 9.10. The maximum Gasteiger partial charge on any atom is 0.190 e. The van der Waals surface area contributed by atoms with E-state index in [0.29, 0.717) is 11.7 Å². The van der Waals surface area contributed by atoms with E-state index < -0.39 is 0 Å². The SMILES string of the molecule is CCCCCN(c1cnc(C(N)=NO)cn1)C(C)C. The second kappa shape index (κ2) is 7.56. The summed E-state index contributed by atoms with van der Waals surface area (Å²) in [7, 11) is 0. The van der Waals surface area contributed by atoms with Crippen LogP contribution in [0.2, 0.25) is 0 Å². The van der Waals surface area contributed by atoms with Gasteiger partial charge in [0.15, 0.2) is 5.84 Å². The number of aromatic nitrogens is 2.